The summed E-state index contributed by atoms with van der Waals surface area (Å²) in [5, 5.41) is 13.9. The third-order valence-electron chi connectivity index (χ3n) is 4.19. The summed E-state index contributed by atoms with van der Waals surface area (Å²) < 4.78 is 2.21. The fraction of sp³-hybridized carbons (Fsp3) is 0.250. The molecule has 0 saturated heterocycles. The Kier molecular flexibility index (Phi) is 5.16. The van der Waals surface area contributed by atoms with E-state index in [-0.39, 0.29) is 11.7 Å². The lowest BCUT2D eigenvalue weighted by atomic mass is 10.1. The number of hydrogen-bond acceptors (Lipinski definition) is 2. The SMILES string of the molecule is O=C(CCc1ccccc1O)NCCCn1ccc2ccccc21. The van der Waals surface area contributed by atoms with Crippen molar-refractivity contribution in [3.63, 3.8) is 0 Å². The van der Waals surface area contributed by atoms with Crippen LogP contribution in [-0.4, -0.2) is 22.1 Å². The van der Waals surface area contributed by atoms with Gasteiger partial charge in [0.15, 0.2) is 0 Å². The van der Waals surface area contributed by atoms with Crippen molar-refractivity contribution in [3.05, 3.63) is 66.4 Å². The van der Waals surface area contributed by atoms with Crippen LogP contribution in [0.15, 0.2) is 60.8 Å². The Bertz CT molecular complexity index is 823. The fourth-order valence-corrected chi connectivity index (χ4v) is 2.87. The highest BCUT2D eigenvalue weighted by Crippen LogP contribution is 2.17. The molecule has 2 aromatic carbocycles. The lowest BCUT2D eigenvalue weighted by molar-refractivity contribution is -0.121. The molecule has 2 N–H and O–H groups in total. The molecule has 0 bridgehead atoms. The molecule has 124 valence electrons. The highest BCUT2D eigenvalue weighted by atomic mass is 16.3. The van der Waals surface area contributed by atoms with E-state index < -0.39 is 0 Å². The first-order valence-electron chi connectivity index (χ1n) is 8.31. The Morgan fingerprint density at radius 3 is 2.71 bits per heavy atom. The maximum atomic E-state index is 11.9. The number of para-hydroxylation sites is 2. The van der Waals surface area contributed by atoms with Crippen molar-refractivity contribution < 1.29 is 9.90 Å². The predicted octanol–water partition coefficient (Wildman–Crippen LogP) is 3.49. The van der Waals surface area contributed by atoms with Gasteiger partial charge < -0.3 is 15.0 Å². The molecule has 0 radical (unpaired) electrons. The van der Waals surface area contributed by atoms with Gasteiger partial charge in [-0.2, -0.15) is 0 Å². The number of carbonyl (C=O) groups is 1. The lowest BCUT2D eigenvalue weighted by Crippen LogP contribution is -2.25. The summed E-state index contributed by atoms with van der Waals surface area (Å²) in [5.74, 6) is 0.278. The van der Waals surface area contributed by atoms with E-state index in [0.717, 1.165) is 18.5 Å². The number of aromatic hydroxyl groups is 1. The van der Waals surface area contributed by atoms with Gasteiger partial charge in [-0.3, -0.25) is 4.79 Å². The van der Waals surface area contributed by atoms with E-state index in [9.17, 15) is 9.90 Å². The van der Waals surface area contributed by atoms with Crippen LogP contribution in [0, 0.1) is 0 Å². The zero-order chi connectivity index (χ0) is 16.8. The average molecular weight is 322 g/mol. The van der Waals surface area contributed by atoms with Crippen molar-refractivity contribution in [1.82, 2.24) is 9.88 Å². The first kappa shape index (κ1) is 16.1. The highest BCUT2D eigenvalue weighted by molar-refractivity contribution is 5.79. The molecule has 3 aromatic rings. The van der Waals surface area contributed by atoms with E-state index >= 15 is 0 Å². The maximum absolute atomic E-state index is 11.9. The van der Waals surface area contributed by atoms with Gasteiger partial charge in [-0.1, -0.05) is 36.4 Å². The van der Waals surface area contributed by atoms with Crippen LogP contribution in [0.1, 0.15) is 18.4 Å². The number of amides is 1. The van der Waals surface area contributed by atoms with Gasteiger partial charge >= 0.3 is 0 Å². The molecule has 0 aliphatic carbocycles. The summed E-state index contributed by atoms with van der Waals surface area (Å²) in [5.41, 5.74) is 2.04. The molecule has 0 atom stereocenters. The van der Waals surface area contributed by atoms with E-state index in [1.54, 1.807) is 12.1 Å². The molecule has 3 rings (SSSR count). The number of benzene rings is 2. The van der Waals surface area contributed by atoms with Gasteiger partial charge in [-0.05, 0) is 42.0 Å². The first-order valence-corrected chi connectivity index (χ1v) is 8.31. The van der Waals surface area contributed by atoms with Crippen LogP contribution in [-0.2, 0) is 17.8 Å². The molecule has 0 fully saturated rings. The number of phenols is 1. The number of rotatable bonds is 7. The highest BCUT2D eigenvalue weighted by Gasteiger charge is 2.05. The molecule has 4 heteroatoms. The minimum Gasteiger partial charge on any atom is -0.508 e. The number of nitrogens with zero attached hydrogens (tertiary/aromatic N) is 1. The molecular formula is C20H22N2O2. The molecular weight excluding hydrogens is 300 g/mol. The maximum Gasteiger partial charge on any atom is 0.220 e. The van der Waals surface area contributed by atoms with E-state index in [2.05, 4.69) is 34.3 Å². The Labute approximate surface area is 141 Å². The molecule has 0 saturated carbocycles. The number of carbonyl (C=O) groups excluding carboxylic acids is 1. The lowest BCUT2D eigenvalue weighted by Gasteiger charge is -2.08. The van der Waals surface area contributed by atoms with Crippen LogP contribution in [0.4, 0.5) is 0 Å². The second-order valence-corrected chi connectivity index (χ2v) is 5.90. The topological polar surface area (TPSA) is 54.3 Å². The minimum absolute atomic E-state index is 0.0237. The van der Waals surface area contributed by atoms with Crippen molar-refractivity contribution >= 4 is 16.8 Å². The van der Waals surface area contributed by atoms with Crippen LogP contribution < -0.4 is 5.32 Å². The standard InChI is InChI=1S/C20H22N2O2/c23-19-9-4-2-7-17(19)10-11-20(24)21-13-5-14-22-15-12-16-6-1-3-8-18(16)22/h1-4,6-9,12,15,23H,5,10-11,13-14H2,(H,21,24). The second kappa shape index (κ2) is 7.68. The number of fused-ring (bicyclic) bond motifs is 1. The molecule has 0 aliphatic rings. The van der Waals surface area contributed by atoms with Crippen LogP contribution >= 0.6 is 0 Å². The number of phenolic OH excluding ortho intramolecular Hbond substituents is 1. The summed E-state index contributed by atoms with van der Waals surface area (Å²) >= 11 is 0. The van der Waals surface area contributed by atoms with Crippen LogP contribution in [0.5, 0.6) is 5.75 Å². The summed E-state index contributed by atoms with van der Waals surface area (Å²) in [4.78, 5) is 11.9. The summed E-state index contributed by atoms with van der Waals surface area (Å²) in [6.45, 7) is 1.54. The van der Waals surface area contributed by atoms with Crippen LogP contribution in [0.2, 0.25) is 0 Å². The van der Waals surface area contributed by atoms with Gasteiger partial charge in [0.2, 0.25) is 5.91 Å². The number of hydrogen-bond donors (Lipinski definition) is 2. The number of aryl methyl sites for hydroxylation is 2. The quantitative estimate of drug-likeness (QED) is 0.654. The second-order valence-electron chi connectivity index (χ2n) is 5.90. The van der Waals surface area contributed by atoms with E-state index in [0.29, 0.717) is 19.4 Å². The summed E-state index contributed by atoms with van der Waals surface area (Å²) in [6.07, 6.45) is 3.93. The Hall–Kier alpha value is -2.75. The zero-order valence-corrected chi connectivity index (χ0v) is 13.6. The summed E-state index contributed by atoms with van der Waals surface area (Å²) in [6, 6.07) is 17.6. The fourth-order valence-electron chi connectivity index (χ4n) is 2.87. The molecule has 0 spiro atoms. The van der Waals surface area contributed by atoms with Crippen molar-refractivity contribution in [2.75, 3.05) is 6.54 Å². The number of aromatic nitrogens is 1. The molecule has 0 unspecified atom stereocenters. The molecule has 1 amide bonds. The smallest absolute Gasteiger partial charge is 0.220 e. The van der Waals surface area contributed by atoms with E-state index in [1.165, 1.54) is 10.9 Å². The molecule has 0 aliphatic heterocycles. The van der Waals surface area contributed by atoms with Crippen LogP contribution in [0.25, 0.3) is 10.9 Å². The molecule has 24 heavy (non-hydrogen) atoms. The Morgan fingerprint density at radius 1 is 1.04 bits per heavy atom. The van der Waals surface area contributed by atoms with Crippen molar-refractivity contribution in [3.8, 4) is 5.75 Å². The molecule has 4 nitrogen and oxygen atoms in total. The Morgan fingerprint density at radius 2 is 1.83 bits per heavy atom. The van der Waals surface area contributed by atoms with E-state index in [4.69, 9.17) is 0 Å². The number of nitrogens with one attached hydrogen (secondary N) is 1. The van der Waals surface area contributed by atoms with Gasteiger partial charge in [0, 0.05) is 31.2 Å². The van der Waals surface area contributed by atoms with Crippen molar-refractivity contribution in [2.24, 2.45) is 0 Å². The third-order valence-corrected chi connectivity index (χ3v) is 4.19. The van der Waals surface area contributed by atoms with Gasteiger partial charge in [0.25, 0.3) is 0 Å². The van der Waals surface area contributed by atoms with E-state index in [1.807, 2.05) is 24.3 Å². The largest absolute Gasteiger partial charge is 0.508 e. The van der Waals surface area contributed by atoms with Crippen molar-refractivity contribution in [2.45, 2.75) is 25.8 Å². The van der Waals surface area contributed by atoms with Crippen molar-refractivity contribution in [1.29, 1.82) is 0 Å². The zero-order valence-electron chi connectivity index (χ0n) is 13.6. The summed E-state index contributed by atoms with van der Waals surface area (Å²) in [7, 11) is 0. The van der Waals surface area contributed by atoms with Gasteiger partial charge in [0.1, 0.15) is 5.75 Å². The van der Waals surface area contributed by atoms with Gasteiger partial charge in [-0.25, -0.2) is 0 Å². The first-order chi connectivity index (χ1) is 11.7. The van der Waals surface area contributed by atoms with Gasteiger partial charge in [0.05, 0.1) is 0 Å². The predicted molar refractivity (Wildman–Crippen MR) is 96.0 cm³/mol. The third kappa shape index (κ3) is 3.96. The average Bonchev–Trinajstić information content (AvgIpc) is 3.01. The Balaban J connectivity index is 1.40. The normalized spacial score (nSPS) is 10.8. The molecule has 1 aromatic heterocycles. The van der Waals surface area contributed by atoms with Gasteiger partial charge in [-0.15, -0.1) is 0 Å². The monoisotopic (exact) mass is 322 g/mol. The molecule has 1 heterocycles. The van der Waals surface area contributed by atoms with Crippen LogP contribution in [0.3, 0.4) is 0 Å². The minimum atomic E-state index is 0.0237.